The van der Waals surface area contributed by atoms with E-state index in [1.807, 2.05) is 0 Å². The van der Waals surface area contributed by atoms with Crippen LogP contribution < -0.4 is 10.8 Å². The van der Waals surface area contributed by atoms with Crippen molar-refractivity contribution in [3.8, 4) is 0 Å². The SMILES string of the molecule is [NH3+][C@H](CC(=O)[O-])c1ccccn1. The van der Waals surface area contributed by atoms with Gasteiger partial charge in [0.1, 0.15) is 6.04 Å². The summed E-state index contributed by atoms with van der Waals surface area (Å²) in [5.74, 6) is -1.10. The van der Waals surface area contributed by atoms with Crippen molar-refractivity contribution < 1.29 is 15.6 Å². The van der Waals surface area contributed by atoms with E-state index in [9.17, 15) is 9.90 Å². The minimum Gasteiger partial charge on any atom is -0.550 e. The second-order valence-electron chi connectivity index (χ2n) is 2.53. The van der Waals surface area contributed by atoms with Crippen LogP contribution in [-0.4, -0.2) is 11.0 Å². The smallest absolute Gasteiger partial charge is 0.132 e. The lowest BCUT2D eigenvalue weighted by molar-refractivity contribution is -0.431. The Morgan fingerprint density at radius 1 is 1.67 bits per heavy atom. The Morgan fingerprint density at radius 3 is 2.92 bits per heavy atom. The normalized spacial score (nSPS) is 12.4. The number of aromatic nitrogens is 1. The number of carboxylic acid groups (broad SMARTS) is 1. The number of nitrogens with zero attached hydrogens (tertiary/aromatic N) is 1. The molecule has 0 saturated heterocycles. The molecule has 0 spiro atoms. The number of hydrogen-bond acceptors (Lipinski definition) is 3. The summed E-state index contributed by atoms with van der Waals surface area (Å²) in [4.78, 5) is 14.2. The van der Waals surface area contributed by atoms with Crippen LogP contribution in [0.15, 0.2) is 24.4 Å². The number of quaternary nitrogens is 1. The molecule has 12 heavy (non-hydrogen) atoms. The third kappa shape index (κ3) is 2.32. The molecule has 0 aliphatic heterocycles. The summed E-state index contributed by atoms with van der Waals surface area (Å²) in [6, 6.07) is 5.00. The molecule has 0 aliphatic carbocycles. The zero-order valence-electron chi connectivity index (χ0n) is 6.56. The molecule has 0 amide bonds. The predicted octanol–water partition coefficient (Wildman–Crippen LogP) is -1.50. The van der Waals surface area contributed by atoms with Crippen molar-refractivity contribution in [3.05, 3.63) is 30.1 Å². The fraction of sp³-hybridized carbons (Fsp3) is 0.250. The Bertz CT molecular complexity index is 261. The molecule has 1 aromatic rings. The van der Waals surface area contributed by atoms with Crippen LogP contribution in [0, 0.1) is 0 Å². The molecule has 3 N–H and O–H groups in total. The van der Waals surface area contributed by atoms with E-state index < -0.39 is 5.97 Å². The summed E-state index contributed by atoms with van der Waals surface area (Å²) in [7, 11) is 0. The first kappa shape index (κ1) is 8.67. The van der Waals surface area contributed by atoms with Crippen molar-refractivity contribution in [1.82, 2.24) is 4.98 Å². The number of hydrogen-bond donors (Lipinski definition) is 1. The molecule has 0 aliphatic rings. The van der Waals surface area contributed by atoms with Crippen LogP contribution in [0.25, 0.3) is 0 Å². The number of carboxylic acids is 1. The van der Waals surface area contributed by atoms with Crippen LogP contribution in [0.3, 0.4) is 0 Å². The number of pyridine rings is 1. The first-order valence-corrected chi connectivity index (χ1v) is 3.64. The predicted molar refractivity (Wildman–Crippen MR) is 39.5 cm³/mol. The second-order valence-corrected chi connectivity index (χ2v) is 2.53. The van der Waals surface area contributed by atoms with Crippen LogP contribution in [-0.2, 0) is 4.79 Å². The van der Waals surface area contributed by atoms with Gasteiger partial charge in [0.15, 0.2) is 0 Å². The fourth-order valence-electron chi connectivity index (χ4n) is 0.923. The Kier molecular flexibility index (Phi) is 2.76. The highest BCUT2D eigenvalue weighted by Crippen LogP contribution is 2.06. The van der Waals surface area contributed by atoms with Gasteiger partial charge in [-0.2, -0.15) is 0 Å². The molecule has 1 aromatic heterocycles. The average Bonchev–Trinajstić information content (AvgIpc) is 2.05. The topological polar surface area (TPSA) is 80.7 Å². The maximum Gasteiger partial charge on any atom is 0.132 e. The third-order valence-corrected chi connectivity index (χ3v) is 1.52. The average molecular weight is 166 g/mol. The monoisotopic (exact) mass is 166 g/mol. The zero-order valence-corrected chi connectivity index (χ0v) is 6.56. The largest absolute Gasteiger partial charge is 0.550 e. The van der Waals surface area contributed by atoms with Gasteiger partial charge in [0, 0.05) is 18.6 Å². The van der Waals surface area contributed by atoms with E-state index in [0.717, 1.165) is 0 Å². The van der Waals surface area contributed by atoms with Gasteiger partial charge in [-0.1, -0.05) is 6.07 Å². The lowest BCUT2D eigenvalue weighted by Crippen LogP contribution is -2.55. The molecule has 4 nitrogen and oxygen atoms in total. The van der Waals surface area contributed by atoms with Crippen LogP contribution in [0.2, 0.25) is 0 Å². The van der Waals surface area contributed by atoms with Crippen LogP contribution in [0.4, 0.5) is 0 Å². The maximum atomic E-state index is 10.2. The van der Waals surface area contributed by atoms with E-state index in [0.29, 0.717) is 5.69 Å². The summed E-state index contributed by atoms with van der Waals surface area (Å²) in [6.07, 6.45) is 1.53. The number of carbonyl (C=O) groups excluding carboxylic acids is 1. The van der Waals surface area contributed by atoms with Crippen molar-refractivity contribution in [1.29, 1.82) is 0 Å². The Hall–Kier alpha value is -1.42. The first-order valence-electron chi connectivity index (χ1n) is 3.64. The molecule has 0 saturated carbocycles. The molecule has 0 bridgehead atoms. The van der Waals surface area contributed by atoms with Gasteiger partial charge in [-0.25, -0.2) is 0 Å². The zero-order chi connectivity index (χ0) is 8.97. The molecule has 4 heteroatoms. The fourth-order valence-corrected chi connectivity index (χ4v) is 0.923. The van der Waals surface area contributed by atoms with Gasteiger partial charge < -0.3 is 15.6 Å². The summed E-state index contributed by atoms with van der Waals surface area (Å²) < 4.78 is 0. The van der Waals surface area contributed by atoms with Gasteiger partial charge in [0.2, 0.25) is 0 Å². The Morgan fingerprint density at radius 2 is 2.42 bits per heavy atom. The highest BCUT2D eigenvalue weighted by atomic mass is 16.4. The third-order valence-electron chi connectivity index (χ3n) is 1.52. The van der Waals surface area contributed by atoms with Crippen molar-refractivity contribution >= 4 is 5.97 Å². The standard InChI is InChI=1S/C8H10N2O2/c9-6(5-8(11)12)7-3-1-2-4-10-7/h1-4,6H,5,9H2,(H,11,12)/t6-/m1/s1. The second kappa shape index (κ2) is 3.82. The minimum atomic E-state index is -1.10. The highest BCUT2D eigenvalue weighted by molar-refractivity contribution is 5.65. The minimum absolute atomic E-state index is 0.0863. The molecule has 0 radical (unpaired) electrons. The maximum absolute atomic E-state index is 10.2. The Balaban J connectivity index is 2.65. The summed E-state index contributed by atoms with van der Waals surface area (Å²) >= 11 is 0. The van der Waals surface area contributed by atoms with Gasteiger partial charge in [-0.15, -0.1) is 0 Å². The Labute approximate surface area is 70.0 Å². The quantitative estimate of drug-likeness (QED) is 0.593. The van der Waals surface area contributed by atoms with Crippen molar-refractivity contribution in [3.63, 3.8) is 0 Å². The lowest BCUT2D eigenvalue weighted by atomic mass is 10.1. The molecular formula is C8H10N2O2. The van der Waals surface area contributed by atoms with Crippen molar-refractivity contribution in [2.24, 2.45) is 0 Å². The number of rotatable bonds is 3. The van der Waals surface area contributed by atoms with E-state index in [2.05, 4.69) is 10.7 Å². The molecule has 1 atom stereocenters. The van der Waals surface area contributed by atoms with E-state index in [1.165, 1.54) is 0 Å². The van der Waals surface area contributed by atoms with Gasteiger partial charge in [-0.05, 0) is 12.1 Å². The van der Waals surface area contributed by atoms with Crippen molar-refractivity contribution in [2.75, 3.05) is 0 Å². The van der Waals surface area contributed by atoms with E-state index in [4.69, 9.17) is 0 Å². The van der Waals surface area contributed by atoms with E-state index in [-0.39, 0.29) is 12.5 Å². The lowest BCUT2D eigenvalue weighted by Gasteiger charge is -2.07. The first-order chi connectivity index (χ1) is 5.70. The molecule has 1 rings (SSSR count). The van der Waals surface area contributed by atoms with Crippen LogP contribution >= 0.6 is 0 Å². The summed E-state index contributed by atoms with van der Waals surface area (Å²) in [5.41, 5.74) is 4.35. The van der Waals surface area contributed by atoms with E-state index in [1.54, 1.807) is 24.4 Å². The van der Waals surface area contributed by atoms with Gasteiger partial charge >= 0.3 is 0 Å². The van der Waals surface area contributed by atoms with Gasteiger partial charge in [0.05, 0.1) is 5.69 Å². The highest BCUT2D eigenvalue weighted by Gasteiger charge is 2.09. The molecule has 64 valence electrons. The molecular weight excluding hydrogens is 156 g/mol. The number of aliphatic carboxylic acids is 1. The van der Waals surface area contributed by atoms with Crippen LogP contribution in [0.5, 0.6) is 0 Å². The molecule has 0 unspecified atom stereocenters. The molecule has 1 heterocycles. The van der Waals surface area contributed by atoms with E-state index >= 15 is 0 Å². The number of carbonyl (C=O) groups is 1. The van der Waals surface area contributed by atoms with Gasteiger partial charge in [-0.3, -0.25) is 4.98 Å². The van der Waals surface area contributed by atoms with Crippen LogP contribution in [0.1, 0.15) is 18.2 Å². The van der Waals surface area contributed by atoms with Gasteiger partial charge in [0.25, 0.3) is 0 Å². The summed E-state index contributed by atoms with van der Waals surface area (Å²) in [5, 5.41) is 10.2. The molecule has 0 aromatic carbocycles. The molecule has 0 fully saturated rings. The van der Waals surface area contributed by atoms with Crippen molar-refractivity contribution in [2.45, 2.75) is 12.5 Å². The summed E-state index contributed by atoms with van der Waals surface area (Å²) in [6.45, 7) is 0.